The van der Waals surface area contributed by atoms with Crippen molar-refractivity contribution in [1.82, 2.24) is 5.32 Å². The Labute approximate surface area is 127 Å². The Balaban J connectivity index is 1.77. The topological polar surface area (TPSA) is 58.6 Å². The summed E-state index contributed by atoms with van der Waals surface area (Å²) in [4.78, 5) is 11.8. The zero-order chi connectivity index (χ0) is 14.6. The normalized spacial score (nSPS) is 15.8. The molecule has 1 fully saturated rings. The molecule has 2 N–H and O–H groups in total. The number of hydrogen-bond acceptors (Lipinski definition) is 3. The second kappa shape index (κ2) is 6.59. The Bertz CT molecular complexity index is 486. The zero-order valence-electron chi connectivity index (χ0n) is 11.6. The number of nitrogens with one attached hydrogen (secondary N) is 1. The molecule has 0 radical (unpaired) electrons. The van der Waals surface area contributed by atoms with Gasteiger partial charge in [-0.25, -0.2) is 0 Å². The largest absolute Gasteiger partial charge is 0.496 e. The third kappa shape index (κ3) is 3.96. The fraction of sp³-hybridized carbons (Fsp3) is 0.533. The lowest BCUT2D eigenvalue weighted by molar-refractivity contribution is -0.121. The van der Waals surface area contributed by atoms with Crippen LogP contribution in [0.3, 0.4) is 0 Å². The minimum atomic E-state index is -0.0290. The third-order valence-corrected chi connectivity index (χ3v) is 4.43. The molecular weight excluding hydrogens is 322 g/mol. The van der Waals surface area contributed by atoms with E-state index < -0.39 is 0 Å². The minimum Gasteiger partial charge on any atom is -0.496 e. The highest BCUT2D eigenvalue weighted by Crippen LogP contribution is 2.44. The first kappa shape index (κ1) is 15.3. The third-order valence-electron chi connectivity index (χ3n) is 3.81. The first-order chi connectivity index (χ1) is 9.58. The van der Waals surface area contributed by atoms with Gasteiger partial charge in [0.2, 0.25) is 5.91 Å². The van der Waals surface area contributed by atoms with Crippen molar-refractivity contribution >= 4 is 21.8 Å². The maximum absolute atomic E-state index is 11.8. The lowest BCUT2D eigenvalue weighted by atomic mass is 10.1. The molecular formula is C15H20BrNO3. The molecule has 0 atom stereocenters. The van der Waals surface area contributed by atoms with Crippen LogP contribution in [0.1, 0.15) is 24.8 Å². The van der Waals surface area contributed by atoms with Crippen molar-refractivity contribution in [3.8, 4) is 5.75 Å². The van der Waals surface area contributed by atoms with E-state index in [-0.39, 0.29) is 17.9 Å². The molecule has 0 aromatic heterocycles. The van der Waals surface area contributed by atoms with Gasteiger partial charge in [-0.2, -0.15) is 0 Å². The Morgan fingerprint density at radius 3 is 2.80 bits per heavy atom. The predicted molar refractivity (Wildman–Crippen MR) is 80.8 cm³/mol. The molecule has 20 heavy (non-hydrogen) atoms. The van der Waals surface area contributed by atoms with Crippen LogP contribution in [0.2, 0.25) is 0 Å². The van der Waals surface area contributed by atoms with Crippen LogP contribution >= 0.6 is 15.9 Å². The van der Waals surface area contributed by atoms with Crippen molar-refractivity contribution in [2.45, 2.75) is 25.7 Å². The summed E-state index contributed by atoms with van der Waals surface area (Å²) < 4.78 is 6.07. The van der Waals surface area contributed by atoms with Gasteiger partial charge in [0.15, 0.2) is 0 Å². The van der Waals surface area contributed by atoms with Crippen LogP contribution in [0.15, 0.2) is 22.7 Å². The van der Waals surface area contributed by atoms with E-state index in [1.807, 2.05) is 18.2 Å². The number of methoxy groups -OCH3 is 1. The Hall–Kier alpha value is -1.07. The van der Waals surface area contributed by atoms with Gasteiger partial charge in [0.1, 0.15) is 5.75 Å². The Kier molecular flexibility index (Phi) is 5.05. The van der Waals surface area contributed by atoms with E-state index in [0.29, 0.717) is 19.4 Å². The summed E-state index contributed by atoms with van der Waals surface area (Å²) in [6.07, 6.45) is 3.17. The van der Waals surface area contributed by atoms with Crippen molar-refractivity contribution in [2.24, 2.45) is 5.41 Å². The Morgan fingerprint density at radius 2 is 2.25 bits per heavy atom. The SMILES string of the molecule is COc1ccc(CCC(=O)NCC2(CO)CC2)cc1Br. The van der Waals surface area contributed by atoms with Crippen molar-refractivity contribution < 1.29 is 14.6 Å². The number of aryl methyl sites for hydroxylation is 1. The van der Waals surface area contributed by atoms with Gasteiger partial charge in [0.05, 0.1) is 18.2 Å². The molecule has 1 aliphatic rings. The number of halogens is 1. The summed E-state index contributed by atoms with van der Waals surface area (Å²) in [5.74, 6) is 0.827. The number of aliphatic hydroxyl groups excluding tert-OH is 1. The Morgan fingerprint density at radius 1 is 1.50 bits per heavy atom. The van der Waals surface area contributed by atoms with Crippen LogP contribution in [0.25, 0.3) is 0 Å². The molecule has 1 aromatic rings. The molecule has 4 nitrogen and oxygen atoms in total. The number of carbonyl (C=O) groups excluding carboxylic acids is 1. The van der Waals surface area contributed by atoms with Gasteiger partial charge < -0.3 is 15.2 Å². The highest BCUT2D eigenvalue weighted by atomic mass is 79.9. The number of ether oxygens (including phenoxy) is 1. The zero-order valence-corrected chi connectivity index (χ0v) is 13.2. The molecule has 2 rings (SSSR count). The molecule has 0 spiro atoms. The van der Waals surface area contributed by atoms with Gasteiger partial charge in [-0.1, -0.05) is 6.07 Å². The van der Waals surface area contributed by atoms with Crippen LogP contribution in [-0.4, -0.2) is 31.3 Å². The highest BCUT2D eigenvalue weighted by molar-refractivity contribution is 9.10. The minimum absolute atomic E-state index is 0.0290. The second-order valence-electron chi connectivity index (χ2n) is 5.40. The summed E-state index contributed by atoms with van der Waals surface area (Å²) in [6.45, 7) is 0.757. The van der Waals surface area contributed by atoms with E-state index in [1.54, 1.807) is 7.11 Å². The molecule has 1 aliphatic carbocycles. The van der Waals surface area contributed by atoms with Crippen molar-refractivity contribution in [3.63, 3.8) is 0 Å². The lowest BCUT2D eigenvalue weighted by Crippen LogP contribution is -2.31. The van der Waals surface area contributed by atoms with Crippen LogP contribution in [-0.2, 0) is 11.2 Å². The number of benzene rings is 1. The molecule has 1 aromatic carbocycles. The van der Waals surface area contributed by atoms with E-state index in [4.69, 9.17) is 4.74 Å². The first-order valence-corrected chi connectivity index (χ1v) is 7.58. The number of carbonyl (C=O) groups is 1. The number of rotatable bonds is 7. The van der Waals surface area contributed by atoms with Gasteiger partial charge in [-0.05, 0) is 52.9 Å². The highest BCUT2D eigenvalue weighted by Gasteiger charge is 2.41. The molecule has 1 saturated carbocycles. The van der Waals surface area contributed by atoms with E-state index in [1.165, 1.54) is 0 Å². The lowest BCUT2D eigenvalue weighted by Gasteiger charge is -2.12. The smallest absolute Gasteiger partial charge is 0.220 e. The number of hydrogen-bond donors (Lipinski definition) is 2. The monoisotopic (exact) mass is 341 g/mol. The fourth-order valence-electron chi connectivity index (χ4n) is 2.07. The van der Waals surface area contributed by atoms with Gasteiger partial charge in [0, 0.05) is 18.4 Å². The van der Waals surface area contributed by atoms with Crippen molar-refractivity contribution in [3.05, 3.63) is 28.2 Å². The molecule has 0 aliphatic heterocycles. The standard InChI is InChI=1S/C15H20BrNO3/c1-20-13-4-2-11(8-12(13)16)3-5-14(19)17-9-15(10-18)6-7-15/h2,4,8,18H,3,5-7,9-10H2,1H3,(H,17,19). The average molecular weight is 342 g/mol. The van der Waals surface area contributed by atoms with Crippen LogP contribution in [0.5, 0.6) is 5.75 Å². The van der Waals surface area contributed by atoms with E-state index in [9.17, 15) is 9.90 Å². The van der Waals surface area contributed by atoms with Gasteiger partial charge in [-0.15, -0.1) is 0 Å². The first-order valence-electron chi connectivity index (χ1n) is 6.78. The quantitative estimate of drug-likeness (QED) is 0.799. The van der Waals surface area contributed by atoms with Crippen LogP contribution in [0, 0.1) is 5.41 Å². The molecule has 0 unspecified atom stereocenters. The predicted octanol–water partition coefficient (Wildman–Crippen LogP) is 2.28. The number of aliphatic hydroxyl groups is 1. The summed E-state index contributed by atoms with van der Waals surface area (Å²) >= 11 is 3.44. The molecule has 5 heteroatoms. The van der Waals surface area contributed by atoms with E-state index >= 15 is 0 Å². The maximum Gasteiger partial charge on any atom is 0.220 e. The van der Waals surface area contributed by atoms with Crippen molar-refractivity contribution in [1.29, 1.82) is 0 Å². The second-order valence-corrected chi connectivity index (χ2v) is 6.26. The van der Waals surface area contributed by atoms with Crippen molar-refractivity contribution in [2.75, 3.05) is 20.3 Å². The van der Waals surface area contributed by atoms with Gasteiger partial charge >= 0.3 is 0 Å². The van der Waals surface area contributed by atoms with Crippen LogP contribution in [0.4, 0.5) is 0 Å². The summed E-state index contributed by atoms with van der Waals surface area (Å²) in [5.41, 5.74) is 1.06. The summed E-state index contributed by atoms with van der Waals surface area (Å²) in [7, 11) is 1.63. The molecule has 0 saturated heterocycles. The summed E-state index contributed by atoms with van der Waals surface area (Å²) in [5, 5.41) is 12.1. The van der Waals surface area contributed by atoms with E-state index in [0.717, 1.165) is 28.6 Å². The van der Waals surface area contributed by atoms with Gasteiger partial charge in [0.25, 0.3) is 0 Å². The summed E-state index contributed by atoms with van der Waals surface area (Å²) in [6, 6.07) is 5.83. The van der Waals surface area contributed by atoms with Gasteiger partial charge in [-0.3, -0.25) is 4.79 Å². The molecule has 110 valence electrons. The molecule has 0 bridgehead atoms. The molecule has 1 amide bonds. The van der Waals surface area contributed by atoms with E-state index in [2.05, 4.69) is 21.2 Å². The molecule has 0 heterocycles. The number of amides is 1. The fourth-order valence-corrected chi connectivity index (χ4v) is 2.65. The van der Waals surface area contributed by atoms with Crippen LogP contribution < -0.4 is 10.1 Å². The average Bonchev–Trinajstić information content (AvgIpc) is 3.24. The maximum atomic E-state index is 11.8.